The maximum absolute atomic E-state index is 10.4. The van der Waals surface area contributed by atoms with Gasteiger partial charge in [-0.1, -0.05) is 26.2 Å². The molecule has 0 amide bonds. The highest BCUT2D eigenvalue weighted by molar-refractivity contribution is 5.83. The van der Waals surface area contributed by atoms with E-state index in [2.05, 4.69) is 27.2 Å². The van der Waals surface area contributed by atoms with Crippen molar-refractivity contribution in [3.05, 3.63) is 5.82 Å². The number of nitrogens with one attached hydrogen (secondary N) is 1. The molecule has 3 rings (SSSR count). The molecular formula is C17H28N6O4. The molecular weight excluding hydrogens is 352 g/mol. The van der Waals surface area contributed by atoms with Gasteiger partial charge in [0.05, 0.1) is 6.61 Å². The Kier molecular flexibility index (Phi) is 6.10. The zero-order chi connectivity index (χ0) is 19.6. The fourth-order valence-corrected chi connectivity index (χ4v) is 3.33. The first-order chi connectivity index (χ1) is 13.0. The van der Waals surface area contributed by atoms with Gasteiger partial charge in [0.2, 0.25) is 5.95 Å². The molecule has 10 nitrogen and oxygen atoms in total. The number of aliphatic hydroxyl groups excluding tert-OH is 3. The second-order valence-electron chi connectivity index (χ2n) is 6.85. The fraction of sp³-hybridized carbons (Fsp3) is 0.706. The second kappa shape index (κ2) is 8.34. The highest BCUT2D eigenvalue weighted by atomic mass is 16.6. The Balaban J connectivity index is 1.88. The van der Waals surface area contributed by atoms with Crippen LogP contribution >= 0.6 is 0 Å². The number of anilines is 2. The minimum atomic E-state index is -1.22. The molecule has 10 heteroatoms. The van der Waals surface area contributed by atoms with Crippen molar-refractivity contribution in [3.63, 3.8) is 0 Å². The molecule has 4 atom stereocenters. The van der Waals surface area contributed by atoms with Crippen LogP contribution in [0.25, 0.3) is 11.2 Å². The number of unbranched alkanes of at least 4 members (excludes halogenated alkanes) is 3. The van der Waals surface area contributed by atoms with Crippen molar-refractivity contribution in [1.29, 1.82) is 0 Å². The summed E-state index contributed by atoms with van der Waals surface area (Å²) in [5.41, 5.74) is 6.86. The van der Waals surface area contributed by atoms with Crippen LogP contribution < -0.4 is 11.1 Å². The van der Waals surface area contributed by atoms with E-state index in [-0.39, 0.29) is 5.82 Å². The molecule has 0 saturated carbocycles. The third-order valence-corrected chi connectivity index (χ3v) is 4.83. The van der Waals surface area contributed by atoms with Gasteiger partial charge in [0.15, 0.2) is 23.2 Å². The van der Waals surface area contributed by atoms with Crippen LogP contribution in [0.5, 0.6) is 0 Å². The van der Waals surface area contributed by atoms with Crippen molar-refractivity contribution in [2.24, 2.45) is 0 Å². The molecule has 150 valence electrons. The van der Waals surface area contributed by atoms with Gasteiger partial charge in [0, 0.05) is 6.54 Å². The van der Waals surface area contributed by atoms with Crippen molar-refractivity contribution in [2.75, 3.05) is 24.2 Å². The molecule has 2 aromatic heterocycles. The Morgan fingerprint density at radius 2 is 1.93 bits per heavy atom. The number of hydrogen-bond acceptors (Lipinski definition) is 9. The summed E-state index contributed by atoms with van der Waals surface area (Å²) in [5, 5.41) is 32.9. The summed E-state index contributed by atoms with van der Waals surface area (Å²) in [7, 11) is 0. The van der Waals surface area contributed by atoms with Crippen molar-refractivity contribution < 1.29 is 20.1 Å². The molecule has 0 aliphatic carbocycles. The Morgan fingerprint density at radius 1 is 1.15 bits per heavy atom. The van der Waals surface area contributed by atoms with Gasteiger partial charge in [0.25, 0.3) is 0 Å². The van der Waals surface area contributed by atoms with Crippen molar-refractivity contribution in [1.82, 2.24) is 19.5 Å². The van der Waals surface area contributed by atoms with E-state index in [4.69, 9.17) is 10.5 Å². The number of hydrogen-bond donors (Lipinski definition) is 5. The highest BCUT2D eigenvalue weighted by Crippen LogP contribution is 2.33. The Bertz CT molecular complexity index is 782. The zero-order valence-corrected chi connectivity index (χ0v) is 15.7. The van der Waals surface area contributed by atoms with Crippen LogP contribution in [0.3, 0.4) is 0 Å². The van der Waals surface area contributed by atoms with Crippen molar-refractivity contribution >= 4 is 22.9 Å². The van der Waals surface area contributed by atoms with Gasteiger partial charge in [-0.3, -0.25) is 4.57 Å². The predicted molar refractivity (Wildman–Crippen MR) is 100 cm³/mol. The van der Waals surface area contributed by atoms with E-state index in [1.54, 1.807) is 11.5 Å². The van der Waals surface area contributed by atoms with E-state index >= 15 is 0 Å². The van der Waals surface area contributed by atoms with E-state index in [0.29, 0.717) is 22.9 Å². The molecule has 2 aromatic rings. The number of ether oxygens (including phenoxy) is 1. The molecule has 6 N–H and O–H groups in total. The van der Waals surface area contributed by atoms with Gasteiger partial charge < -0.3 is 31.1 Å². The molecule has 1 saturated heterocycles. The Labute approximate surface area is 157 Å². The monoisotopic (exact) mass is 380 g/mol. The van der Waals surface area contributed by atoms with E-state index < -0.39 is 31.1 Å². The number of nitrogens with zero attached hydrogens (tertiary/aromatic N) is 4. The summed E-state index contributed by atoms with van der Waals surface area (Å²) in [6.45, 7) is 4.22. The number of imidazole rings is 1. The molecule has 1 fully saturated rings. The number of fused-ring (bicyclic) bond motifs is 1. The second-order valence-corrected chi connectivity index (χ2v) is 6.85. The van der Waals surface area contributed by atoms with Gasteiger partial charge >= 0.3 is 0 Å². The number of aromatic nitrogens is 4. The van der Waals surface area contributed by atoms with Gasteiger partial charge in [-0.15, -0.1) is 0 Å². The summed E-state index contributed by atoms with van der Waals surface area (Å²) in [6.07, 6.45) is 0.251. The maximum Gasteiger partial charge on any atom is 0.226 e. The summed E-state index contributed by atoms with van der Waals surface area (Å²) in [5.74, 6) is 1.12. The predicted octanol–water partition coefficient (Wildman–Crippen LogP) is 0.321. The zero-order valence-electron chi connectivity index (χ0n) is 15.7. The van der Waals surface area contributed by atoms with E-state index in [9.17, 15) is 15.3 Å². The highest BCUT2D eigenvalue weighted by Gasteiger charge is 2.44. The lowest BCUT2D eigenvalue weighted by molar-refractivity contribution is -0.0519. The smallest absolute Gasteiger partial charge is 0.226 e. The first-order valence-electron chi connectivity index (χ1n) is 9.36. The Morgan fingerprint density at radius 3 is 2.59 bits per heavy atom. The first kappa shape index (κ1) is 19.7. The summed E-state index contributed by atoms with van der Waals surface area (Å²) in [6, 6.07) is 0. The van der Waals surface area contributed by atoms with Crippen LogP contribution in [0.15, 0.2) is 0 Å². The van der Waals surface area contributed by atoms with Crippen LogP contribution in [0.2, 0.25) is 0 Å². The van der Waals surface area contributed by atoms with Crippen LogP contribution in [-0.2, 0) is 4.74 Å². The summed E-state index contributed by atoms with van der Waals surface area (Å²) in [4.78, 5) is 13.1. The van der Waals surface area contributed by atoms with Crippen LogP contribution in [0, 0.1) is 6.92 Å². The number of aryl methyl sites for hydroxylation is 1. The van der Waals surface area contributed by atoms with E-state index in [1.807, 2.05) is 0 Å². The molecule has 0 spiro atoms. The number of nitrogens with two attached hydrogens (primary N) is 1. The van der Waals surface area contributed by atoms with Gasteiger partial charge in [-0.25, -0.2) is 4.98 Å². The van der Waals surface area contributed by atoms with E-state index in [1.165, 1.54) is 6.42 Å². The average molecular weight is 380 g/mol. The minimum Gasteiger partial charge on any atom is -0.394 e. The molecule has 1 aliphatic heterocycles. The summed E-state index contributed by atoms with van der Waals surface area (Å²) >= 11 is 0. The maximum atomic E-state index is 10.4. The third kappa shape index (κ3) is 3.84. The molecule has 0 unspecified atom stereocenters. The molecule has 0 radical (unpaired) electrons. The third-order valence-electron chi connectivity index (χ3n) is 4.83. The number of nitrogen functional groups attached to an aromatic ring is 1. The lowest BCUT2D eigenvalue weighted by Gasteiger charge is -2.18. The van der Waals surface area contributed by atoms with Crippen LogP contribution in [-0.4, -0.2) is 66.3 Å². The standard InChI is InChI=1S/C17H28N6O4/c1-3-4-5-6-7-19-17-21-14(18)11-15(22-17)23(9(2)20-11)16-13(26)12(25)10(8-24)27-16/h10,12-13,16,24-26H,3-8H2,1-2H3,(H3,18,19,21,22)/t10-,12-,13-,16-/m1/s1. The van der Waals surface area contributed by atoms with E-state index in [0.717, 1.165) is 25.8 Å². The van der Waals surface area contributed by atoms with Gasteiger partial charge in [0.1, 0.15) is 24.1 Å². The lowest BCUT2D eigenvalue weighted by atomic mass is 10.1. The first-order valence-corrected chi connectivity index (χ1v) is 9.36. The number of aliphatic hydroxyl groups is 3. The molecule has 3 heterocycles. The van der Waals surface area contributed by atoms with Gasteiger partial charge in [-0.2, -0.15) is 9.97 Å². The Hall–Kier alpha value is -2.01. The molecule has 1 aliphatic rings. The van der Waals surface area contributed by atoms with Gasteiger partial charge in [-0.05, 0) is 13.3 Å². The molecule has 27 heavy (non-hydrogen) atoms. The lowest BCUT2D eigenvalue weighted by Crippen LogP contribution is -2.33. The van der Waals surface area contributed by atoms with Crippen molar-refractivity contribution in [3.8, 4) is 0 Å². The SMILES string of the molecule is CCCCCCNc1nc(N)c2nc(C)n([C@@H]3O[C@H](CO)[C@@H](O)[C@H]3O)c2n1. The molecule has 0 aromatic carbocycles. The van der Waals surface area contributed by atoms with Crippen LogP contribution in [0.1, 0.15) is 44.7 Å². The quantitative estimate of drug-likeness (QED) is 0.408. The largest absolute Gasteiger partial charge is 0.394 e. The molecule has 0 bridgehead atoms. The normalized spacial score (nSPS) is 25.4. The number of rotatable bonds is 8. The average Bonchev–Trinajstić information content (AvgIpc) is 3.12. The minimum absolute atomic E-state index is 0.227. The topological polar surface area (TPSA) is 152 Å². The van der Waals surface area contributed by atoms with Crippen LogP contribution in [0.4, 0.5) is 11.8 Å². The summed E-state index contributed by atoms with van der Waals surface area (Å²) < 4.78 is 7.21. The van der Waals surface area contributed by atoms with Crippen molar-refractivity contribution in [2.45, 2.75) is 64.1 Å². The fourth-order valence-electron chi connectivity index (χ4n) is 3.33.